The number of carbonyl (C=O) groups excluding carboxylic acids is 2. The zero-order valence-electron chi connectivity index (χ0n) is 15.7. The van der Waals surface area contributed by atoms with Gasteiger partial charge < -0.3 is 10.0 Å². The van der Waals surface area contributed by atoms with E-state index in [-0.39, 0.29) is 28.6 Å². The molecule has 1 heterocycles. The Morgan fingerprint density at radius 2 is 1.63 bits per heavy atom. The van der Waals surface area contributed by atoms with E-state index in [0.717, 1.165) is 4.90 Å². The summed E-state index contributed by atoms with van der Waals surface area (Å²) in [5.74, 6) is 0.339. The first kappa shape index (κ1) is 19.5. The molecule has 0 bridgehead atoms. The molecule has 142 valence electrons. The number of hydrogen-bond acceptors (Lipinski definition) is 4. The lowest BCUT2D eigenvalue weighted by Crippen LogP contribution is -2.43. The van der Waals surface area contributed by atoms with Crippen molar-refractivity contribution in [1.82, 2.24) is 4.90 Å². The number of piperidine rings is 1. The van der Waals surface area contributed by atoms with E-state index in [1.807, 2.05) is 30.9 Å². The van der Waals surface area contributed by atoms with Gasteiger partial charge in [0.15, 0.2) is 5.78 Å². The summed E-state index contributed by atoms with van der Waals surface area (Å²) in [6.45, 7) is 5.23. The summed E-state index contributed by atoms with van der Waals surface area (Å²) in [4.78, 5) is 28.3. The molecule has 2 aromatic carbocycles. The largest absolute Gasteiger partial charge is 0.508 e. The Morgan fingerprint density at radius 1 is 1.04 bits per heavy atom. The Morgan fingerprint density at radius 3 is 2.22 bits per heavy atom. The number of aromatic hydroxyl groups is 1. The molecule has 0 aromatic heterocycles. The fraction of sp³-hybridized carbons (Fsp3) is 0.364. The summed E-state index contributed by atoms with van der Waals surface area (Å²) in [6, 6.07) is 14.6. The summed E-state index contributed by atoms with van der Waals surface area (Å²) in [5, 5.41) is 9.22. The van der Waals surface area contributed by atoms with Gasteiger partial charge in [0.1, 0.15) is 5.75 Å². The SMILES string of the molecule is Cc1ccc(S[C@@H](C)C(=O)N2CCC(C(=O)c3ccc(O)cc3)CC2)cc1. The smallest absolute Gasteiger partial charge is 0.235 e. The summed E-state index contributed by atoms with van der Waals surface area (Å²) in [7, 11) is 0. The van der Waals surface area contributed by atoms with Crippen LogP contribution in [0.5, 0.6) is 5.75 Å². The first-order valence-corrected chi connectivity index (χ1v) is 10.2. The van der Waals surface area contributed by atoms with Gasteiger partial charge in [0.05, 0.1) is 5.25 Å². The highest BCUT2D eigenvalue weighted by Gasteiger charge is 2.30. The monoisotopic (exact) mass is 383 g/mol. The minimum Gasteiger partial charge on any atom is -0.508 e. The van der Waals surface area contributed by atoms with Crippen molar-refractivity contribution < 1.29 is 14.7 Å². The maximum absolute atomic E-state index is 12.7. The van der Waals surface area contributed by atoms with Gasteiger partial charge in [-0.2, -0.15) is 0 Å². The van der Waals surface area contributed by atoms with Crippen LogP contribution in [0.3, 0.4) is 0 Å². The molecule has 0 radical (unpaired) electrons. The molecule has 0 saturated carbocycles. The van der Waals surface area contributed by atoms with Crippen LogP contribution in [0.15, 0.2) is 53.4 Å². The summed E-state index contributed by atoms with van der Waals surface area (Å²) in [5.41, 5.74) is 1.83. The van der Waals surface area contributed by atoms with Gasteiger partial charge in [0.25, 0.3) is 0 Å². The molecule has 1 fully saturated rings. The van der Waals surface area contributed by atoms with E-state index in [1.165, 1.54) is 17.7 Å². The van der Waals surface area contributed by atoms with Crippen molar-refractivity contribution in [3.05, 3.63) is 59.7 Å². The Balaban J connectivity index is 1.53. The molecule has 0 unspecified atom stereocenters. The normalized spacial score (nSPS) is 16.1. The van der Waals surface area contributed by atoms with Crippen LogP contribution in [0.4, 0.5) is 0 Å². The number of likely N-dealkylation sites (tertiary alicyclic amines) is 1. The maximum Gasteiger partial charge on any atom is 0.235 e. The molecule has 0 spiro atoms. The van der Waals surface area contributed by atoms with Gasteiger partial charge >= 0.3 is 0 Å². The van der Waals surface area contributed by atoms with Crippen LogP contribution >= 0.6 is 11.8 Å². The number of Topliss-reactive ketones (excluding diaryl/α,β-unsaturated/α-hetero) is 1. The van der Waals surface area contributed by atoms with Crippen LogP contribution in [0.25, 0.3) is 0 Å². The van der Waals surface area contributed by atoms with Crippen LogP contribution in [0.1, 0.15) is 35.7 Å². The van der Waals surface area contributed by atoms with Crippen LogP contribution in [-0.4, -0.2) is 40.0 Å². The molecule has 0 aliphatic carbocycles. The Kier molecular flexibility index (Phi) is 6.22. The highest BCUT2D eigenvalue weighted by Crippen LogP contribution is 2.28. The zero-order valence-corrected chi connectivity index (χ0v) is 16.5. The second-order valence-electron chi connectivity index (χ2n) is 7.08. The maximum atomic E-state index is 12.7. The molecule has 1 aliphatic heterocycles. The van der Waals surface area contributed by atoms with E-state index in [4.69, 9.17) is 0 Å². The fourth-order valence-electron chi connectivity index (χ4n) is 3.35. The Hall–Kier alpha value is -2.27. The lowest BCUT2D eigenvalue weighted by molar-refractivity contribution is -0.131. The van der Waals surface area contributed by atoms with Gasteiger partial charge in [-0.3, -0.25) is 9.59 Å². The number of amides is 1. The number of carbonyl (C=O) groups is 2. The molecule has 3 rings (SSSR count). The van der Waals surface area contributed by atoms with Crippen molar-refractivity contribution in [3.8, 4) is 5.75 Å². The van der Waals surface area contributed by atoms with Gasteiger partial charge in [-0.25, -0.2) is 0 Å². The zero-order chi connectivity index (χ0) is 19.4. The van der Waals surface area contributed by atoms with Crippen molar-refractivity contribution in [2.75, 3.05) is 13.1 Å². The first-order valence-electron chi connectivity index (χ1n) is 9.29. The molecular weight excluding hydrogens is 358 g/mol. The van der Waals surface area contributed by atoms with Crippen molar-refractivity contribution in [2.45, 2.75) is 36.8 Å². The minimum absolute atomic E-state index is 0.0568. The van der Waals surface area contributed by atoms with Gasteiger partial charge in [0.2, 0.25) is 5.91 Å². The average molecular weight is 384 g/mol. The Labute approximate surface area is 164 Å². The third kappa shape index (κ3) is 4.92. The highest BCUT2D eigenvalue weighted by molar-refractivity contribution is 8.00. The van der Waals surface area contributed by atoms with E-state index in [0.29, 0.717) is 31.5 Å². The van der Waals surface area contributed by atoms with Crippen molar-refractivity contribution in [3.63, 3.8) is 0 Å². The number of thioether (sulfide) groups is 1. The molecule has 1 amide bonds. The molecule has 1 aliphatic rings. The standard InChI is InChI=1S/C22H25NO3S/c1-15-3-9-20(10-4-15)27-16(2)22(26)23-13-11-18(12-14-23)21(25)17-5-7-19(24)8-6-17/h3-10,16,18,24H,11-14H2,1-2H3/t16-/m0/s1. The Bertz CT molecular complexity index is 793. The lowest BCUT2D eigenvalue weighted by Gasteiger charge is -2.33. The quantitative estimate of drug-likeness (QED) is 0.618. The second-order valence-corrected chi connectivity index (χ2v) is 8.50. The topological polar surface area (TPSA) is 57.6 Å². The van der Waals surface area contributed by atoms with Crippen molar-refractivity contribution >= 4 is 23.5 Å². The van der Waals surface area contributed by atoms with Crippen LogP contribution < -0.4 is 0 Å². The third-order valence-electron chi connectivity index (χ3n) is 5.01. The number of ketones is 1. The summed E-state index contributed by atoms with van der Waals surface area (Å²) in [6.07, 6.45) is 1.38. The predicted octanol–water partition coefficient (Wildman–Crippen LogP) is 4.30. The average Bonchev–Trinajstić information content (AvgIpc) is 2.69. The molecule has 1 atom stereocenters. The highest BCUT2D eigenvalue weighted by atomic mass is 32.2. The van der Waals surface area contributed by atoms with E-state index < -0.39 is 0 Å². The molecule has 27 heavy (non-hydrogen) atoms. The van der Waals surface area contributed by atoms with E-state index in [2.05, 4.69) is 12.1 Å². The summed E-state index contributed by atoms with van der Waals surface area (Å²) >= 11 is 1.58. The van der Waals surface area contributed by atoms with Gasteiger partial charge in [-0.1, -0.05) is 17.7 Å². The lowest BCUT2D eigenvalue weighted by atomic mass is 9.89. The van der Waals surface area contributed by atoms with Gasteiger partial charge in [-0.05, 0) is 63.1 Å². The summed E-state index contributed by atoms with van der Waals surface area (Å²) < 4.78 is 0. The van der Waals surface area contributed by atoms with Crippen molar-refractivity contribution in [2.24, 2.45) is 5.92 Å². The fourth-order valence-corrected chi connectivity index (χ4v) is 4.30. The van der Waals surface area contributed by atoms with Crippen LogP contribution in [0.2, 0.25) is 0 Å². The van der Waals surface area contributed by atoms with Gasteiger partial charge in [-0.15, -0.1) is 11.8 Å². The number of hydrogen-bond donors (Lipinski definition) is 1. The van der Waals surface area contributed by atoms with Crippen LogP contribution in [-0.2, 0) is 4.79 Å². The molecule has 5 heteroatoms. The second kappa shape index (κ2) is 8.61. The third-order valence-corrected chi connectivity index (χ3v) is 6.11. The van der Waals surface area contributed by atoms with Crippen LogP contribution in [0, 0.1) is 12.8 Å². The minimum atomic E-state index is -0.142. The van der Waals surface area contributed by atoms with E-state index in [1.54, 1.807) is 23.9 Å². The van der Waals surface area contributed by atoms with E-state index >= 15 is 0 Å². The first-order chi connectivity index (χ1) is 12.9. The number of aryl methyl sites for hydroxylation is 1. The molecule has 2 aromatic rings. The van der Waals surface area contributed by atoms with Gasteiger partial charge in [0, 0.05) is 29.5 Å². The number of phenols is 1. The number of benzene rings is 2. The number of rotatable bonds is 5. The molecular formula is C22H25NO3S. The molecule has 1 saturated heterocycles. The molecule has 4 nitrogen and oxygen atoms in total. The number of phenolic OH excluding ortho intramolecular Hbond substituents is 1. The number of nitrogens with zero attached hydrogens (tertiary/aromatic N) is 1. The van der Waals surface area contributed by atoms with E-state index in [9.17, 15) is 14.7 Å². The predicted molar refractivity (Wildman–Crippen MR) is 108 cm³/mol. The van der Waals surface area contributed by atoms with Crippen molar-refractivity contribution in [1.29, 1.82) is 0 Å². The molecule has 1 N–H and O–H groups in total.